The van der Waals surface area contributed by atoms with Gasteiger partial charge in [0.1, 0.15) is 5.82 Å². The first kappa shape index (κ1) is 12.1. The van der Waals surface area contributed by atoms with E-state index < -0.39 is 0 Å². The van der Waals surface area contributed by atoms with Gasteiger partial charge in [-0.05, 0) is 44.0 Å². The first-order chi connectivity index (χ1) is 6.94. The Labute approximate surface area is 90.1 Å². The summed E-state index contributed by atoms with van der Waals surface area (Å²) in [5, 5.41) is 12.3. The van der Waals surface area contributed by atoms with Crippen LogP contribution in [0.5, 0.6) is 0 Å². The lowest BCUT2D eigenvalue weighted by molar-refractivity contribution is 0.187. The molecule has 1 rings (SSSR count). The molecule has 0 atom stereocenters. The van der Waals surface area contributed by atoms with Crippen LogP contribution in [0.3, 0.4) is 0 Å². The lowest BCUT2D eigenvalue weighted by Crippen LogP contribution is -2.42. The van der Waals surface area contributed by atoms with Crippen LogP contribution in [0.15, 0.2) is 18.2 Å². The molecule has 0 heterocycles. The molecule has 0 saturated heterocycles. The molecule has 2 nitrogen and oxygen atoms in total. The third kappa shape index (κ3) is 3.61. The molecule has 0 fully saturated rings. The van der Waals surface area contributed by atoms with Crippen molar-refractivity contribution in [3.63, 3.8) is 0 Å². The molecule has 0 aliphatic rings. The standard InChI is InChI=1S/C12H18FNO/c1-9-6-11(13)5-4-10(9)7-14-12(2,3)8-15/h4-6,14-15H,7-8H2,1-3H3. The fraction of sp³-hybridized carbons (Fsp3) is 0.500. The number of aliphatic hydroxyl groups excluding tert-OH is 1. The lowest BCUT2D eigenvalue weighted by Gasteiger charge is -2.24. The minimum Gasteiger partial charge on any atom is -0.394 e. The number of halogens is 1. The van der Waals surface area contributed by atoms with Gasteiger partial charge in [0.25, 0.3) is 0 Å². The van der Waals surface area contributed by atoms with E-state index in [0.29, 0.717) is 6.54 Å². The number of aliphatic hydroxyl groups is 1. The molecule has 0 unspecified atom stereocenters. The van der Waals surface area contributed by atoms with Crippen molar-refractivity contribution in [3.8, 4) is 0 Å². The predicted octanol–water partition coefficient (Wildman–Crippen LogP) is 1.99. The first-order valence-corrected chi connectivity index (χ1v) is 5.05. The highest BCUT2D eigenvalue weighted by molar-refractivity contribution is 5.26. The second-order valence-corrected chi connectivity index (χ2v) is 4.47. The minimum absolute atomic E-state index is 0.0766. The molecule has 0 bridgehead atoms. The van der Waals surface area contributed by atoms with Crippen LogP contribution in [-0.2, 0) is 6.54 Å². The molecule has 0 aromatic heterocycles. The van der Waals surface area contributed by atoms with Crippen LogP contribution < -0.4 is 5.32 Å². The summed E-state index contributed by atoms with van der Waals surface area (Å²) >= 11 is 0. The Bertz CT molecular complexity index is 336. The van der Waals surface area contributed by atoms with Crippen molar-refractivity contribution in [3.05, 3.63) is 35.1 Å². The second-order valence-electron chi connectivity index (χ2n) is 4.47. The van der Waals surface area contributed by atoms with Crippen molar-refractivity contribution in [1.82, 2.24) is 5.32 Å². The summed E-state index contributed by atoms with van der Waals surface area (Å²) in [6.45, 7) is 6.44. The average Bonchev–Trinajstić information content (AvgIpc) is 2.16. The molecule has 1 aromatic carbocycles. The fourth-order valence-corrected chi connectivity index (χ4v) is 1.25. The van der Waals surface area contributed by atoms with Crippen molar-refractivity contribution < 1.29 is 9.50 Å². The minimum atomic E-state index is -0.305. The maximum Gasteiger partial charge on any atom is 0.123 e. The molecular weight excluding hydrogens is 193 g/mol. The van der Waals surface area contributed by atoms with E-state index in [4.69, 9.17) is 5.11 Å². The molecule has 1 aromatic rings. The zero-order chi connectivity index (χ0) is 11.5. The van der Waals surface area contributed by atoms with Crippen molar-refractivity contribution in [2.45, 2.75) is 32.9 Å². The Morgan fingerprint density at radius 1 is 1.40 bits per heavy atom. The number of nitrogens with one attached hydrogen (secondary N) is 1. The summed E-state index contributed by atoms with van der Waals surface area (Å²) < 4.78 is 12.8. The Hall–Kier alpha value is -0.930. The lowest BCUT2D eigenvalue weighted by atomic mass is 10.0. The van der Waals surface area contributed by atoms with Crippen LogP contribution in [0.1, 0.15) is 25.0 Å². The third-order valence-electron chi connectivity index (χ3n) is 2.46. The number of aryl methyl sites for hydroxylation is 1. The molecule has 0 aliphatic carbocycles. The first-order valence-electron chi connectivity index (χ1n) is 5.05. The molecule has 3 heteroatoms. The molecule has 0 radical (unpaired) electrons. The third-order valence-corrected chi connectivity index (χ3v) is 2.46. The van der Waals surface area contributed by atoms with Crippen molar-refractivity contribution in [2.75, 3.05) is 6.61 Å². The van der Waals surface area contributed by atoms with Gasteiger partial charge in [0.15, 0.2) is 0 Å². The zero-order valence-electron chi connectivity index (χ0n) is 9.47. The van der Waals surface area contributed by atoms with E-state index in [0.717, 1.165) is 11.1 Å². The SMILES string of the molecule is Cc1cc(F)ccc1CNC(C)(C)CO. The normalized spacial score (nSPS) is 11.8. The largest absolute Gasteiger partial charge is 0.394 e. The highest BCUT2D eigenvalue weighted by Gasteiger charge is 2.15. The Kier molecular flexibility index (Phi) is 3.83. The van der Waals surface area contributed by atoms with E-state index in [2.05, 4.69) is 5.32 Å². The van der Waals surface area contributed by atoms with Gasteiger partial charge in [-0.25, -0.2) is 4.39 Å². The fourth-order valence-electron chi connectivity index (χ4n) is 1.25. The Balaban J connectivity index is 2.66. The monoisotopic (exact) mass is 211 g/mol. The molecule has 2 N–H and O–H groups in total. The van der Waals surface area contributed by atoms with Gasteiger partial charge in [-0.2, -0.15) is 0 Å². The maximum absolute atomic E-state index is 12.8. The highest BCUT2D eigenvalue weighted by atomic mass is 19.1. The molecule has 0 aliphatic heterocycles. The molecule has 0 amide bonds. The summed E-state index contributed by atoms with van der Waals surface area (Å²) in [5.41, 5.74) is 1.68. The van der Waals surface area contributed by atoms with E-state index >= 15 is 0 Å². The predicted molar refractivity (Wildman–Crippen MR) is 59.1 cm³/mol. The van der Waals surface area contributed by atoms with Gasteiger partial charge < -0.3 is 10.4 Å². The Morgan fingerprint density at radius 3 is 2.60 bits per heavy atom. The van der Waals surface area contributed by atoms with Gasteiger partial charge >= 0.3 is 0 Å². The highest BCUT2D eigenvalue weighted by Crippen LogP contribution is 2.11. The molecule has 84 valence electrons. The summed E-state index contributed by atoms with van der Waals surface area (Å²) in [6.07, 6.45) is 0. The van der Waals surface area contributed by atoms with Crippen molar-refractivity contribution in [2.24, 2.45) is 0 Å². The quantitative estimate of drug-likeness (QED) is 0.798. The summed E-state index contributed by atoms with van der Waals surface area (Å²) in [7, 11) is 0. The molecule has 15 heavy (non-hydrogen) atoms. The maximum atomic E-state index is 12.8. The Morgan fingerprint density at radius 2 is 2.07 bits per heavy atom. The van der Waals surface area contributed by atoms with Gasteiger partial charge in [-0.3, -0.25) is 0 Å². The number of hydrogen-bond acceptors (Lipinski definition) is 2. The van der Waals surface area contributed by atoms with E-state index in [1.165, 1.54) is 12.1 Å². The summed E-state index contributed by atoms with van der Waals surface area (Å²) in [4.78, 5) is 0. The number of hydrogen-bond donors (Lipinski definition) is 2. The van der Waals surface area contributed by atoms with Gasteiger partial charge in [-0.15, -0.1) is 0 Å². The number of benzene rings is 1. The van der Waals surface area contributed by atoms with Crippen molar-refractivity contribution in [1.29, 1.82) is 0 Å². The van der Waals surface area contributed by atoms with Gasteiger partial charge in [-0.1, -0.05) is 6.07 Å². The molecular formula is C12H18FNO. The smallest absolute Gasteiger partial charge is 0.123 e. The van der Waals surface area contributed by atoms with Crippen molar-refractivity contribution >= 4 is 0 Å². The molecule has 0 saturated carbocycles. The van der Waals surface area contributed by atoms with E-state index in [9.17, 15) is 4.39 Å². The summed E-state index contributed by atoms with van der Waals surface area (Å²) in [6, 6.07) is 4.74. The van der Waals surface area contributed by atoms with Crippen LogP contribution in [0.2, 0.25) is 0 Å². The van der Waals surface area contributed by atoms with E-state index in [1.807, 2.05) is 20.8 Å². The zero-order valence-corrected chi connectivity index (χ0v) is 9.47. The van der Waals surface area contributed by atoms with Gasteiger partial charge in [0.05, 0.1) is 6.61 Å². The van der Waals surface area contributed by atoms with Crippen LogP contribution in [-0.4, -0.2) is 17.3 Å². The summed E-state index contributed by atoms with van der Waals surface area (Å²) in [5.74, 6) is -0.210. The number of rotatable bonds is 4. The van der Waals surface area contributed by atoms with E-state index in [-0.39, 0.29) is 18.0 Å². The van der Waals surface area contributed by atoms with Crippen LogP contribution >= 0.6 is 0 Å². The topological polar surface area (TPSA) is 32.3 Å². The average molecular weight is 211 g/mol. The van der Waals surface area contributed by atoms with Crippen LogP contribution in [0.4, 0.5) is 4.39 Å². The van der Waals surface area contributed by atoms with Crippen LogP contribution in [0.25, 0.3) is 0 Å². The molecule has 0 spiro atoms. The van der Waals surface area contributed by atoms with E-state index in [1.54, 1.807) is 6.07 Å². The van der Waals surface area contributed by atoms with Gasteiger partial charge in [0, 0.05) is 12.1 Å². The van der Waals surface area contributed by atoms with Crippen LogP contribution in [0, 0.1) is 12.7 Å². The second kappa shape index (κ2) is 4.73. The van der Waals surface area contributed by atoms with Gasteiger partial charge in [0.2, 0.25) is 0 Å².